The van der Waals surface area contributed by atoms with Crippen LogP contribution in [0.5, 0.6) is 11.5 Å². The number of hydrogen-bond donors (Lipinski definition) is 1. The predicted molar refractivity (Wildman–Crippen MR) is 101 cm³/mol. The van der Waals surface area contributed by atoms with Crippen LogP contribution in [-0.2, 0) is 4.79 Å². The number of nitrogens with zero attached hydrogens (tertiary/aromatic N) is 1. The molecule has 0 aliphatic carbocycles. The van der Waals surface area contributed by atoms with Gasteiger partial charge in [0.15, 0.2) is 11.5 Å². The zero-order chi connectivity index (χ0) is 19.9. The number of carboxylic acids is 1. The number of benzene rings is 2. The van der Waals surface area contributed by atoms with E-state index in [1.807, 2.05) is 32.0 Å². The van der Waals surface area contributed by atoms with Gasteiger partial charge in [-0.05, 0) is 42.7 Å². The Morgan fingerprint density at radius 1 is 1.04 bits per heavy atom. The number of rotatable bonds is 4. The summed E-state index contributed by atoms with van der Waals surface area (Å²) in [5.41, 5.74) is 3.62. The first kappa shape index (κ1) is 18.8. The smallest absolute Gasteiger partial charge is 0.313 e. The average molecular weight is 369 g/mol. The van der Waals surface area contributed by atoms with Crippen LogP contribution in [0.3, 0.4) is 0 Å². The third kappa shape index (κ3) is 3.01. The van der Waals surface area contributed by atoms with E-state index in [1.54, 1.807) is 19.2 Å². The molecule has 142 valence electrons. The molecule has 2 aromatic carbocycles. The summed E-state index contributed by atoms with van der Waals surface area (Å²) in [7, 11) is 4.61. The topological polar surface area (TPSA) is 76.1 Å². The number of carboxylic acid groups (broad SMARTS) is 1. The fraction of sp³-hybridized carbons (Fsp3) is 0.333. The zero-order valence-electron chi connectivity index (χ0n) is 16.1. The minimum atomic E-state index is -0.993. The fourth-order valence-electron chi connectivity index (χ4n) is 3.86. The van der Waals surface area contributed by atoms with Gasteiger partial charge in [-0.25, -0.2) is 0 Å². The molecule has 3 rings (SSSR count). The molecular weight excluding hydrogens is 346 g/mol. The van der Waals surface area contributed by atoms with Crippen molar-refractivity contribution >= 4 is 11.9 Å². The summed E-state index contributed by atoms with van der Waals surface area (Å²) in [6.45, 7) is 3.91. The molecule has 6 nitrogen and oxygen atoms in total. The Morgan fingerprint density at radius 3 is 2.22 bits per heavy atom. The minimum absolute atomic E-state index is 0.242. The number of methoxy groups -OCH3 is 2. The van der Waals surface area contributed by atoms with Crippen molar-refractivity contribution in [1.29, 1.82) is 0 Å². The fourth-order valence-corrected chi connectivity index (χ4v) is 3.86. The van der Waals surface area contributed by atoms with Gasteiger partial charge in [0, 0.05) is 12.6 Å². The van der Waals surface area contributed by atoms with Crippen molar-refractivity contribution in [2.45, 2.75) is 25.8 Å². The van der Waals surface area contributed by atoms with Crippen LogP contribution < -0.4 is 9.47 Å². The van der Waals surface area contributed by atoms with Crippen LogP contribution in [0.15, 0.2) is 30.3 Å². The number of aryl methyl sites for hydroxylation is 2. The molecule has 0 radical (unpaired) electrons. The van der Waals surface area contributed by atoms with Crippen LogP contribution in [0.1, 0.15) is 44.6 Å². The largest absolute Gasteiger partial charge is 0.493 e. The Hall–Kier alpha value is -3.02. The second-order valence-electron chi connectivity index (χ2n) is 6.83. The maximum Gasteiger partial charge on any atom is 0.313 e. The molecular formula is C21H23NO5. The number of fused-ring (bicyclic) bond motifs is 1. The van der Waals surface area contributed by atoms with E-state index in [-0.39, 0.29) is 5.91 Å². The van der Waals surface area contributed by atoms with Gasteiger partial charge in [-0.2, -0.15) is 0 Å². The minimum Gasteiger partial charge on any atom is -0.493 e. The lowest BCUT2D eigenvalue weighted by atomic mass is 9.78. The van der Waals surface area contributed by atoms with E-state index in [0.29, 0.717) is 22.6 Å². The Morgan fingerprint density at radius 2 is 1.67 bits per heavy atom. The maximum absolute atomic E-state index is 13.1. The van der Waals surface area contributed by atoms with Gasteiger partial charge in [0.2, 0.25) is 0 Å². The molecule has 1 amide bonds. The van der Waals surface area contributed by atoms with Crippen molar-refractivity contribution in [3.63, 3.8) is 0 Å². The van der Waals surface area contributed by atoms with Crippen molar-refractivity contribution in [3.8, 4) is 11.5 Å². The number of amides is 1. The summed E-state index contributed by atoms with van der Waals surface area (Å²) >= 11 is 0. The van der Waals surface area contributed by atoms with Crippen LogP contribution >= 0.6 is 0 Å². The Bertz CT molecular complexity index is 921. The van der Waals surface area contributed by atoms with E-state index in [2.05, 4.69) is 0 Å². The van der Waals surface area contributed by atoms with Crippen molar-refractivity contribution in [2.24, 2.45) is 0 Å². The summed E-state index contributed by atoms with van der Waals surface area (Å²) < 4.78 is 10.6. The molecule has 0 unspecified atom stereocenters. The monoisotopic (exact) mass is 369 g/mol. The first-order valence-electron chi connectivity index (χ1n) is 8.63. The number of carbonyl (C=O) groups excluding carboxylic acids is 1. The number of aliphatic carboxylic acids is 1. The van der Waals surface area contributed by atoms with Gasteiger partial charge in [0.1, 0.15) is 5.92 Å². The Kier molecular flexibility index (Phi) is 4.83. The summed E-state index contributed by atoms with van der Waals surface area (Å²) in [6.07, 6.45) is 0. The lowest BCUT2D eigenvalue weighted by Gasteiger charge is -2.39. The molecule has 0 saturated heterocycles. The number of hydrogen-bond acceptors (Lipinski definition) is 4. The zero-order valence-corrected chi connectivity index (χ0v) is 16.1. The number of likely N-dealkylation sites (N-methyl/N-ethyl adjacent to an activating group) is 1. The first-order chi connectivity index (χ1) is 12.8. The Balaban J connectivity index is 2.26. The van der Waals surface area contributed by atoms with E-state index >= 15 is 0 Å². The lowest BCUT2D eigenvalue weighted by molar-refractivity contribution is -0.140. The maximum atomic E-state index is 13.1. The first-order valence-corrected chi connectivity index (χ1v) is 8.63. The van der Waals surface area contributed by atoms with E-state index in [0.717, 1.165) is 16.7 Å². The van der Waals surface area contributed by atoms with Crippen molar-refractivity contribution in [2.75, 3.05) is 21.3 Å². The van der Waals surface area contributed by atoms with Crippen molar-refractivity contribution < 1.29 is 24.2 Å². The highest BCUT2D eigenvalue weighted by atomic mass is 16.5. The van der Waals surface area contributed by atoms with Gasteiger partial charge in [-0.3, -0.25) is 9.59 Å². The highest BCUT2D eigenvalue weighted by Gasteiger charge is 2.44. The van der Waals surface area contributed by atoms with Gasteiger partial charge >= 0.3 is 5.97 Å². The highest BCUT2D eigenvalue weighted by Crippen LogP contribution is 2.46. The summed E-state index contributed by atoms with van der Waals surface area (Å²) in [5.74, 6) is -1.35. The molecule has 0 saturated carbocycles. The normalized spacial score (nSPS) is 18.9. The number of carbonyl (C=O) groups is 2. The molecule has 0 bridgehead atoms. The van der Waals surface area contributed by atoms with E-state index in [1.165, 1.54) is 19.1 Å². The molecule has 1 aliphatic rings. The van der Waals surface area contributed by atoms with Gasteiger partial charge in [0.25, 0.3) is 5.91 Å². The molecule has 0 spiro atoms. The third-order valence-electron chi connectivity index (χ3n) is 5.18. The van der Waals surface area contributed by atoms with E-state index in [4.69, 9.17) is 9.47 Å². The van der Waals surface area contributed by atoms with Gasteiger partial charge in [-0.15, -0.1) is 0 Å². The molecule has 2 atom stereocenters. The highest BCUT2D eigenvalue weighted by molar-refractivity contribution is 6.01. The average Bonchev–Trinajstić information content (AvgIpc) is 2.63. The van der Waals surface area contributed by atoms with E-state index < -0.39 is 17.9 Å². The molecule has 0 aromatic heterocycles. The van der Waals surface area contributed by atoms with Crippen LogP contribution in [0.2, 0.25) is 0 Å². The van der Waals surface area contributed by atoms with Crippen LogP contribution in [0.25, 0.3) is 0 Å². The van der Waals surface area contributed by atoms with Gasteiger partial charge in [-0.1, -0.05) is 23.8 Å². The van der Waals surface area contributed by atoms with Gasteiger partial charge in [0.05, 0.1) is 20.3 Å². The van der Waals surface area contributed by atoms with Crippen LogP contribution in [0.4, 0.5) is 0 Å². The molecule has 1 heterocycles. The van der Waals surface area contributed by atoms with Gasteiger partial charge < -0.3 is 19.5 Å². The molecule has 0 fully saturated rings. The second kappa shape index (κ2) is 6.95. The van der Waals surface area contributed by atoms with E-state index in [9.17, 15) is 14.7 Å². The summed E-state index contributed by atoms with van der Waals surface area (Å²) in [5, 5.41) is 10.0. The van der Waals surface area contributed by atoms with Crippen molar-refractivity contribution in [1.82, 2.24) is 4.90 Å². The Labute approximate surface area is 158 Å². The van der Waals surface area contributed by atoms with Crippen LogP contribution in [-0.4, -0.2) is 43.2 Å². The molecule has 1 aliphatic heterocycles. The molecule has 27 heavy (non-hydrogen) atoms. The summed E-state index contributed by atoms with van der Waals surface area (Å²) in [4.78, 5) is 26.8. The molecule has 1 N–H and O–H groups in total. The molecule has 2 aromatic rings. The quantitative estimate of drug-likeness (QED) is 0.895. The van der Waals surface area contributed by atoms with Crippen LogP contribution in [0, 0.1) is 13.8 Å². The third-order valence-corrected chi connectivity index (χ3v) is 5.18. The second-order valence-corrected chi connectivity index (χ2v) is 6.83. The number of ether oxygens (including phenoxy) is 2. The lowest BCUT2D eigenvalue weighted by Crippen LogP contribution is -2.43. The SMILES string of the molecule is COc1cc2c(cc1OC)[C@@H](C(=O)O)[C@@H](c1ccc(C)cc1C)N(C)C2=O. The molecule has 6 heteroatoms. The predicted octanol–water partition coefficient (Wildman–Crippen LogP) is 3.32. The standard InChI is InChI=1S/C21H23NO5/c1-11-6-7-13(12(2)8-11)19-18(21(24)25)14-9-16(26-4)17(27-5)10-15(14)20(23)22(19)3/h6-10,18-19H,1-5H3,(H,24,25)/t18-,19-/m1/s1. The van der Waals surface area contributed by atoms with Crippen molar-refractivity contribution in [3.05, 3.63) is 58.1 Å². The summed E-state index contributed by atoms with van der Waals surface area (Å²) in [6, 6.07) is 8.39.